The number of anilines is 1. The molecule has 0 aliphatic carbocycles. The van der Waals surface area contributed by atoms with Gasteiger partial charge in [0.25, 0.3) is 5.01 Å². The van der Waals surface area contributed by atoms with Crippen molar-refractivity contribution in [1.82, 2.24) is 0 Å². The van der Waals surface area contributed by atoms with Crippen molar-refractivity contribution >= 4 is 51.0 Å². The van der Waals surface area contributed by atoms with Gasteiger partial charge in [0.15, 0.2) is 0 Å². The number of carbonyl (C=O) groups is 1. The minimum absolute atomic E-state index is 0.00696. The molecule has 3 aromatic rings. The summed E-state index contributed by atoms with van der Waals surface area (Å²) in [7, 11) is 0. The van der Waals surface area contributed by atoms with Crippen LogP contribution in [0.25, 0.3) is 16.3 Å². The Morgan fingerprint density at radius 1 is 1.22 bits per heavy atom. The van der Waals surface area contributed by atoms with E-state index in [1.54, 1.807) is 30.0 Å². The molecule has 6 nitrogen and oxygen atoms in total. The minimum Gasteiger partial charge on any atom is -0.587 e. The highest BCUT2D eigenvalue weighted by Crippen LogP contribution is 2.47. The number of allylic oxidation sites excluding steroid dienone is 2. The first-order valence-electron chi connectivity index (χ1n) is 12.5. The number of aliphatic carboxylic acids is 1. The molecule has 196 valence electrons. The lowest BCUT2D eigenvalue weighted by Gasteiger charge is -2.23. The van der Waals surface area contributed by atoms with Crippen LogP contribution in [0.4, 0.5) is 5.69 Å². The molecule has 1 aromatic heterocycles. The molecular weight excluding hydrogens is 504 g/mol. The fourth-order valence-corrected chi connectivity index (χ4v) is 6.62. The molecule has 1 aliphatic rings. The van der Waals surface area contributed by atoms with E-state index < -0.39 is 11.9 Å². The van der Waals surface area contributed by atoms with Gasteiger partial charge in [-0.25, -0.2) is 0 Å². The molecule has 0 saturated heterocycles. The Balaban J connectivity index is 1.76. The molecule has 0 amide bonds. The van der Waals surface area contributed by atoms with Crippen molar-refractivity contribution in [3.05, 3.63) is 75.8 Å². The Kier molecular flexibility index (Phi) is 8.75. The van der Waals surface area contributed by atoms with Crippen LogP contribution < -0.4 is 14.7 Å². The smallest absolute Gasteiger partial charge is 0.308 e. The van der Waals surface area contributed by atoms with Crippen LogP contribution in [-0.4, -0.2) is 22.5 Å². The molecule has 8 heteroatoms. The summed E-state index contributed by atoms with van der Waals surface area (Å²) in [5.41, 5.74) is 5.72. The van der Waals surface area contributed by atoms with E-state index in [0.717, 1.165) is 43.7 Å². The van der Waals surface area contributed by atoms with Gasteiger partial charge in [-0.15, -0.1) is 0 Å². The predicted molar refractivity (Wildman–Crippen MR) is 150 cm³/mol. The summed E-state index contributed by atoms with van der Waals surface area (Å²) in [5.74, 6) is -1.29. The maximum Gasteiger partial charge on any atom is 0.308 e. The van der Waals surface area contributed by atoms with E-state index in [-0.39, 0.29) is 5.92 Å². The molecule has 2 unspecified atom stereocenters. The predicted octanol–water partition coefficient (Wildman–Crippen LogP) is 5.94. The van der Waals surface area contributed by atoms with Crippen molar-refractivity contribution in [1.29, 1.82) is 0 Å². The summed E-state index contributed by atoms with van der Waals surface area (Å²) in [6.45, 7) is 12.6. The lowest BCUT2D eigenvalue weighted by Crippen LogP contribution is -2.39. The second kappa shape index (κ2) is 11.8. The zero-order chi connectivity index (χ0) is 26.7. The van der Waals surface area contributed by atoms with E-state index in [1.165, 1.54) is 16.9 Å². The van der Waals surface area contributed by atoms with Crippen LogP contribution in [0.1, 0.15) is 43.3 Å². The van der Waals surface area contributed by atoms with Crippen molar-refractivity contribution in [2.24, 2.45) is 11.8 Å². The normalized spacial score (nSPS) is 16.4. The molecule has 4 rings (SSSR count). The Hall–Kier alpha value is -2.65. The molecule has 0 spiro atoms. The van der Waals surface area contributed by atoms with Crippen molar-refractivity contribution < 1.29 is 24.6 Å². The number of hydrogen-bond donors (Lipinski definition) is 1. The number of aliphatic hydroxyl groups is 1. The van der Waals surface area contributed by atoms with Gasteiger partial charge in [0, 0.05) is 23.6 Å². The molecule has 2 atom stereocenters. The van der Waals surface area contributed by atoms with Crippen molar-refractivity contribution in [2.45, 2.75) is 52.5 Å². The lowest BCUT2D eigenvalue weighted by molar-refractivity contribution is -0.766. The number of benzene rings is 2. The molecule has 0 saturated carbocycles. The van der Waals surface area contributed by atoms with Gasteiger partial charge < -0.3 is 20.2 Å². The molecule has 2 heterocycles. The zero-order valence-electron chi connectivity index (χ0n) is 21.9. The number of thiazole rings is 1. The van der Waals surface area contributed by atoms with Gasteiger partial charge in [-0.1, -0.05) is 56.0 Å². The Bertz CT molecular complexity index is 1360. The van der Waals surface area contributed by atoms with Crippen LogP contribution in [-0.2, 0) is 11.3 Å². The molecular formula is C29H34N2O4S2. The maximum absolute atomic E-state index is 11.7. The summed E-state index contributed by atoms with van der Waals surface area (Å²) in [4.78, 5) is 18.0. The fourth-order valence-electron chi connectivity index (χ4n) is 4.37. The summed E-state index contributed by atoms with van der Waals surface area (Å²) in [6.07, 6.45) is 5.24. The topological polar surface area (TPSA) is 80.3 Å². The second-order valence-electron chi connectivity index (χ2n) is 9.73. The number of aryl methyl sites for hydroxylation is 2. The van der Waals surface area contributed by atoms with Gasteiger partial charge in [-0.05, 0) is 73.8 Å². The highest BCUT2D eigenvalue weighted by molar-refractivity contribution is 8.03. The van der Waals surface area contributed by atoms with Crippen LogP contribution >= 0.6 is 23.1 Å². The van der Waals surface area contributed by atoms with Crippen molar-refractivity contribution in [3.63, 3.8) is 0 Å². The third-order valence-electron chi connectivity index (χ3n) is 6.46. The first kappa shape index (κ1) is 27.4. The summed E-state index contributed by atoms with van der Waals surface area (Å²) in [5, 5.41) is 22.6. The minimum atomic E-state index is -0.797. The van der Waals surface area contributed by atoms with Crippen LogP contribution in [0.5, 0.6) is 0 Å². The van der Waals surface area contributed by atoms with E-state index in [9.17, 15) is 15.2 Å². The Morgan fingerprint density at radius 3 is 2.65 bits per heavy atom. The van der Waals surface area contributed by atoms with E-state index >= 15 is 0 Å². The van der Waals surface area contributed by atoms with Gasteiger partial charge in [-0.3, -0.25) is 4.79 Å². The van der Waals surface area contributed by atoms with Gasteiger partial charge in [0.2, 0.25) is 5.52 Å². The Labute approximate surface area is 226 Å². The van der Waals surface area contributed by atoms with E-state index in [0.29, 0.717) is 13.1 Å². The van der Waals surface area contributed by atoms with Crippen LogP contribution in [0.3, 0.4) is 0 Å². The number of aromatic nitrogens is 1. The number of thioether (sulfide) groups is 1. The quantitative estimate of drug-likeness (QED) is 0.114. The summed E-state index contributed by atoms with van der Waals surface area (Å²) >= 11 is 3.42. The number of carboxylic acid groups (broad SMARTS) is 1. The van der Waals surface area contributed by atoms with Crippen LogP contribution in [0.2, 0.25) is 0 Å². The largest absolute Gasteiger partial charge is 0.587 e. The SMILES string of the molecule is CCC(=Cc1sc2ccc(C)cc2[n+]1CC(C)[CH-][OH+][O-])C=C1Sc2ccc(C)cc2N1CC(C)C(=O)O. The third kappa shape index (κ3) is 6.26. The first-order valence-corrected chi connectivity index (χ1v) is 14.1. The maximum atomic E-state index is 11.7. The number of hydrogen-bond acceptors (Lipinski definition) is 5. The van der Waals surface area contributed by atoms with Crippen LogP contribution in [0.15, 0.2) is 58.0 Å². The lowest BCUT2D eigenvalue weighted by atomic mass is 10.1. The number of rotatable bonds is 10. The first-order chi connectivity index (χ1) is 17.7. The van der Waals surface area contributed by atoms with Crippen LogP contribution in [0, 0.1) is 32.3 Å². The molecule has 2 N–H and O–H groups in total. The molecule has 37 heavy (non-hydrogen) atoms. The number of fused-ring (bicyclic) bond motifs is 2. The Morgan fingerprint density at radius 2 is 1.95 bits per heavy atom. The molecule has 0 bridgehead atoms. The molecule has 1 aliphatic heterocycles. The van der Waals surface area contributed by atoms with Gasteiger partial charge >= 0.3 is 5.97 Å². The monoisotopic (exact) mass is 538 g/mol. The third-order valence-corrected chi connectivity index (χ3v) is 8.69. The molecule has 0 radical (unpaired) electrons. The average molecular weight is 539 g/mol. The number of nitrogens with zero attached hydrogens (tertiary/aromatic N) is 2. The summed E-state index contributed by atoms with van der Waals surface area (Å²) in [6, 6.07) is 12.8. The summed E-state index contributed by atoms with van der Waals surface area (Å²) < 4.78 is 3.47. The molecule has 2 aromatic carbocycles. The average Bonchev–Trinajstić information content (AvgIpc) is 3.35. The van der Waals surface area contributed by atoms with E-state index in [1.807, 2.05) is 6.92 Å². The van der Waals surface area contributed by atoms with E-state index in [2.05, 4.69) is 83.7 Å². The van der Waals surface area contributed by atoms with Crippen molar-refractivity contribution in [3.8, 4) is 0 Å². The fraction of sp³-hybridized carbons (Fsp3) is 0.345. The van der Waals surface area contributed by atoms with E-state index in [4.69, 9.17) is 0 Å². The zero-order valence-corrected chi connectivity index (χ0v) is 23.5. The van der Waals surface area contributed by atoms with Gasteiger partial charge in [-0.2, -0.15) is 4.57 Å². The van der Waals surface area contributed by atoms with Crippen molar-refractivity contribution in [2.75, 3.05) is 11.4 Å². The standard InChI is InChI=1S/C29H34N2O4S2/c1-6-22(13-27-30(15-20(4)17-35-34)23-11-18(2)7-9-25(23)36-27)14-28-31(16-21(5)29(32)33)24-12-19(3)8-10-26(24)37-28/h7-14,17,20-21,35H,6,15-16H2,1-5H3,(H,32,33). The second-order valence-corrected chi connectivity index (χ2v) is 11.9. The van der Waals surface area contributed by atoms with Gasteiger partial charge in [0.1, 0.15) is 11.2 Å². The highest BCUT2D eigenvalue weighted by atomic mass is 32.2. The molecule has 0 fully saturated rings. The van der Waals surface area contributed by atoms with Gasteiger partial charge in [0.05, 0.1) is 16.6 Å². The highest BCUT2D eigenvalue weighted by Gasteiger charge is 2.29. The number of carboxylic acids is 1.